The van der Waals surface area contributed by atoms with Gasteiger partial charge in [0.2, 0.25) is 17.4 Å². The molecule has 2 N–H and O–H groups in total. The van der Waals surface area contributed by atoms with Crippen molar-refractivity contribution in [3.05, 3.63) is 23.1 Å². The smallest absolute Gasteiger partial charge is 0.328 e. The van der Waals surface area contributed by atoms with Gasteiger partial charge in [-0.05, 0) is 25.5 Å². The topological polar surface area (TPSA) is 123 Å². The molecule has 0 saturated carbocycles. The van der Waals surface area contributed by atoms with E-state index in [0.717, 1.165) is 0 Å². The molecule has 2 saturated heterocycles. The van der Waals surface area contributed by atoms with E-state index >= 15 is 4.39 Å². The minimum absolute atomic E-state index is 0.0149. The molecule has 2 aromatic rings. The van der Waals surface area contributed by atoms with E-state index in [1.54, 1.807) is 24.8 Å². The summed E-state index contributed by atoms with van der Waals surface area (Å²) in [5.41, 5.74) is -0.469. The zero-order valence-electron chi connectivity index (χ0n) is 17.2. The molecule has 1 aromatic heterocycles. The highest BCUT2D eigenvalue weighted by molar-refractivity contribution is 6.20. The van der Waals surface area contributed by atoms with Gasteiger partial charge in [0.05, 0.1) is 36.2 Å². The molecule has 11 heteroatoms. The van der Waals surface area contributed by atoms with Crippen molar-refractivity contribution in [2.45, 2.75) is 38.5 Å². The monoisotopic (exact) mass is 432 g/mol. The van der Waals surface area contributed by atoms with Crippen LogP contribution in [-0.4, -0.2) is 61.5 Å². The van der Waals surface area contributed by atoms with Crippen molar-refractivity contribution in [1.29, 1.82) is 0 Å². The molecule has 0 bridgehead atoms. The molecule has 5 rings (SSSR count). The Hall–Kier alpha value is -3.05. The molecule has 3 unspecified atom stereocenters. The van der Waals surface area contributed by atoms with E-state index in [1.807, 2.05) is 0 Å². The first-order chi connectivity index (χ1) is 14.8. The summed E-state index contributed by atoms with van der Waals surface area (Å²) in [6.07, 6.45) is -1.16. The highest BCUT2D eigenvalue weighted by Gasteiger charge is 2.63. The average Bonchev–Trinajstić information content (AvgIpc) is 3.07. The molecular weight excluding hydrogens is 411 g/mol. The van der Waals surface area contributed by atoms with E-state index in [1.165, 1.54) is 7.11 Å². The molecule has 4 heterocycles. The number of amides is 4. The van der Waals surface area contributed by atoms with Gasteiger partial charge in [0.1, 0.15) is 0 Å². The van der Waals surface area contributed by atoms with Gasteiger partial charge in [0.25, 0.3) is 0 Å². The quantitative estimate of drug-likeness (QED) is 0.668. The van der Waals surface area contributed by atoms with Crippen molar-refractivity contribution >= 4 is 34.5 Å². The van der Waals surface area contributed by atoms with Crippen LogP contribution in [0, 0.1) is 18.2 Å². The molecule has 1 spiro atoms. The number of hydrogen-bond acceptors (Lipinski definition) is 8. The van der Waals surface area contributed by atoms with Crippen LogP contribution in [0.5, 0.6) is 0 Å². The van der Waals surface area contributed by atoms with E-state index in [2.05, 4.69) is 15.8 Å². The van der Waals surface area contributed by atoms with Crippen LogP contribution in [0.15, 0.2) is 10.6 Å². The highest BCUT2D eigenvalue weighted by atomic mass is 19.1. The van der Waals surface area contributed by atoms with Gasteiger partial charge < -0.3 is 18.9 Å². The number of ether oxygens (including phenoxy) is 2. The third kappa shape index (κ3) is 2.62. The molecule has 2 fully saturated rings. The Kier molecular flexibility index (Phi) is 4.31. The molecule has 4 amide bonds. The highest BCUT2D eigenvalue weighted by Crippen LogP contribution is 2.49. The average molecular weight is 432 g/mol. The second-order valence-corrected chi connectivity index (χ2v) is 8.24. The number of halogens is 1. The number of fused-ring (bicyclic) bond motifs is 5. The number of aromatic nitrogens is 1. The minimum Gasteiger partial charge on any atom is -0.382 e. The summed E-state index contributed by atoms with van der Waals surface area (Å²) in [5.74, 6) is -2.07. The maximum Gasteiger partial charge on any atom is 0.328 e. The Bertz CT molecular complexity index is 1110. The summed E-state index contributed by atoms with van der Waals surface area (Å²) in [7, 11) is 1.53. The fraction of sp³-hybridized carbons (Fsp3) is 0.500. The zero-order chi connectivity index (χ0) is 22.1. The van der Waals surface area contributed by atoms with Gasteiger partial charge in [0, 0.05) is 25.5 Å². The van der Waals surface area contributed by atoms with Gasteiger partial charge in [0.15, 0.2) is 11.2 Å². The van der Waals surface area contributed by atoms with Crippen LogP contribution >= 0.6 is 0 Å². The molecule has 3 aliphatic rings. The number of nitrogens with one attached hydrogen (secondary N) is 2. The number of anilines is 1. The Balaban J connectivity index is 1.75. The standard InChI is InChI=1S/C20H21FN4O6/c1-8-12-4-10-5-20(17(26)22-19(28)23-18(20)27)16-9(2)30-11(7-29-3)6-25(16)14(10)13(21)15(12)31-24-8/h4,9,11,16H,5-7H2,1-3H3,(H2,22,23,26,27,28). The first-order valence-corrected chi connectivity index (χ1v) is 9.93. The van der Waals surface area contributed by atoms with Gasteiger partial charge in [-0.15, -0.1) is 0 Å². The molecular formula is C20H21FN4O6. The largest absolute Gasteiger partial charge is 0.382 e. The molecule has 1 aromatic carbocycles. The lowest BCUT2D eigenvalue weighted by atomic mass is 9.66. The Morgan fingerprint density at radius 1 is 1.32 bits per heavy atom. The second-order valence-electron chi connectivity index (χ2n) is 8.24. The van der Waals surface area contributed by atoms with Gasteiger partial charge in [-0.3, -0.25) is 20.2 Å². The lowest BCUT2D eigenvalue weighted by Gasteiger charge is -2.55. The number of carbonyl (C=O) groups excluding carboxylic acids is 3. The summed E-state index contributed by atoms with van der Waals surface area (Å²) < 4.78 is 32.1. The van der Waals surface area contributed by atoms with Gasteiger partial charge in [-0.25, -0.2) is 9.18 Å². The first kappa shape index (κ1) is 19.9. The number of barbiturate groups is 1. The fourth-order valence-electron chi connectivity index (χ4n) is 5.22. The van der Waals surface area contributed by atoms with Crippen molar-refractivity contribution in [3.63, 3.8) is 0 Å². The number of aryl methyl sites for hydroxylation is 1. The Morgan fingerprint density at radius 3 is 2.71 bits per heavy atom. The molecule has 31 heavy (non-hydrogen) atoms. The number of rotatable bonds is 2. The van der Waals surface area contributed by atoms with E-state index in [9.17, 15) is 14.4 Å². The van der Waals surface area contributed by atoms with Crippen LogP contribution in [0.3, 0.4) is 0 Å². The molecule has 3 atom stereocenters. The normalized spacial score (nSPS) is 27.2. The van der Waals surface area contributed by atoms with Gasteiger partial charge in [-0.2, -0.15) is 0 Å². The lowest BCUT2D eigenvalue weighted by molar-refractivity contribution is -0.155. The van der Waals surface area contributed by atoms with Crippen LogP contribution in [0.4, 0.5) is 14.9 Å². The number of nitrogens with zero attached hydrogens (tertiary/aromatic N) is 2. The van der Waals surface area contributed by atoms with Crippen molar-refractivity contribution in [2.75, 3.05) is 25.2 Å². The van der Waals surface area contributed by atoms with Gasteiger partial charge >= 0.3 is 6.03 Å². The number of benzene rings is 1. The molecule has 3 aliphatic heterocycles. The first-order valence-electron chi connectivity index (χ1n) is 9.93. The maximum absolute atomic E-state index is 15.7. The predicted molar refractivity (Wildman–Crippen MR) is 104 cm³/mol. The molecule has 10 nitrogen and oxygen atoms in total. The molecule has 0 radical (unpaired) electrons. The van der Waals surface area contributed by atoms with Crippen molar-refractivity contribution < 1.29 is 32.8 Å². The number of urea groups is 1. The Morgan fingerprint density at radius 2 is 2.03 bits per heavy atom. The van der Waals surface area contributed by atoms with Crippen LogP contribution in [-0.2, 0) is 25.5 Å². The predicted octanol–water partition coefficient (Wildman–Crippen LogP) is 0.793. The third-order valence-corrected chi connectivity index (χ3v) is 6.40. The summed E-state index contributed by atoms with van der Waals surface area (Å²) in [6.45, 7) is 3.83. The van der Waals surface area contributed by atoms with Crippen molar-refractivity contribution in [3.8, 4) is 0 Å². The third-order valence-electron chi connectivity index (χ3n) is 6.40. The van der Waals surface area contributed by atoms with Crippen LogP contribution in [0.1, 0.15) is 18.2 Å². The molecule has 0 aliphatic carbocycles. The van der Waals surface area contributed by atoms with E-state index < -0.39 is 47.3 Å². The Labute approximate surface area is 176 Å². The second kappa shape index (κ2) is 6.72. The summed E-state index contributed by atoms with van der Waals surface area (Å²) in [6, 6.07) is -0.0340. The number of carbonyl (C=O) groups is 3. The maximum atomic E-state index is 15.7. The lowest BCUT2D eigenvalue weighted by Crippen LogP contribution is -2.75. The number of hydrogen-bond donors (Lipinski definition) is 2. The zero-order valence-corrected chi connectivity index (χ0v) is 17.2. The number of imide groups is 2. The summed E-state index contributed by atoms with van der Waals surface area (Å²) >= 11 is 0. The van der Waals surface area contributed by atoms with Crippen molar-refractivity contribution in [1.82, 2.24) is 15.8 Å². The van der Waals surface area contributed by atoms with Crippen LogP contribution in [0.25, 0.3) is 11.0 Å². The van der Waals surface area contributed by atoms with Crippen LogP contribution < -0.4 is 15.5 Å². The SMILES string of the molecule is COCC1CN2c3c(cc4c(C)noc4c3F)CC3(C(=O)NC(=O)NC3=O)C2C(C)O1. The van der Waals surface area contributed by atoms with E-state index in [4.69, 9.17) is 14.0 Å². The van der Waals surface area contributed by atoms with Gasteiger partial charge in [-0.1, -0.05) is 5.16 Å². The number of methoxy groups -OCH3 is 1. The van der Waals surface area contributed by atoms with E-state index in [0.29, 0.717) is 16.6 Å². The van der Waals surface area contributed by atoms with E-state index in [-0.39, 0.29) is 30.8 Å². The van der Waals surface area contributed by atoms with Crippen LogP contribution in [0.2, 0.25) is 0 Å². The number of morpholine rings is 1. The fourth-order valence-corrected chi connectivity index (χ4v) is 5.22. The summed E-state index contributed by atoms with van der Waals surface area (Å²) in [4.78, 5) is 39.7. The minimum atomic E-state index is -1.68. The summed E-state index contributed by atoms with van der Waals surface area (Å²) in [5, 5.41) is 8.73. The molecule has 164 valence electrons. The van der Waals surface area contributed by atoms with Crippen molar-refractivity contribution in [2.24, 2.45) is 5.41 Å².